The summed E-state index contributed by atoms with van der Waals surface area (Å²) in [5.41, 5.74) is 1.53. The molecule has 1 aliphatic heterocycles. The van der Waals surface area contributed by atoms with Crippen LogP contribution in [0.5, 0.6) is 0 Å². The van der Waals surface area contributed by atoms with E-state index in [1.165, 1.54) is 12.1 Å². The summed E-state index contributed by atoms with van der Waals surface area (Å²) in [7, 11) is 2.18. The van der Waals surface area contributed by atoms with Gasteiger partial charge in [0.25, 0.3) is 0 Å². The van der Waals surface area contributed by atoms with E-state index in [0.717, 1.165) is 12.8 Å². The summed E-state index contributed by atoms with van der Waals surface area (Å²) >= 11 is 6.26. The van der Waals surface area contributed by atoms with Crippen LogP contribution >= 0.6 is 11.6 Å². The van der Waals surface area contributed by atoms with Crippen molar-refractivity contribution in [3.05, 3.63) is 12.3 Å². The first-order valence-corrected chi connectivity index (χ1v) is 5.94. The van der Waals surface area contributed by atoms with Gasteiger partial charge in [0.2, 0.25) is 0 Å². The molecule has 14 heavy (non-hydrogen) atoms. The van der Waals surface area contributed by atoms with Crippen molar-refractivity contribution < 1.29 is 0 Å². The zero-order valence-electron chi connectivity index (χ0n) is 9.39. The normalized spacial score (nSPS) is 41.3. The average Bonchev–Trinajstić information content (AvgIpc) is 2.29. The fraction of sp³-hybridized carbons (Fsp3) is 0.833. The standard InChI is InChI=1S/C12H20ClN/c1-8-12(2,3)10-7-9(13)5-6-11(10)14(8)4/h9-11H,1,5-7H2,2-4H3. The van der Waals surface area contributed by atoms with Gasteiger partial charge in [-0.3, -0.25) is 0 Å². The molecule has 0 radical (unpaired) electrons. The molecule has 3 unspecified atom stereocenters. The Labute approximate surface area is 92.1 Å². The second kappa shape index (κ2) is 3.16. The van der Waals surface area contributed by atoms with Crippen LogP contribution in [0.4, 0.5) is 0 Å². The number of fused-ring (bicyclic) bond motifs is 1. The van der Waals surface area contributed by atoms with E-state index < -0.39 is 0 Å². The quantitative estimate of drug-likeness (QED) is 0.559. The molecule has 2 aliphatic rings. The van der Waals surface area contributed by atoms with Crippen LogP contribution < -0.4 is 0 Å². The number of hydrogen-bond acceptors (Lipinski definition) is 1. The van der Waals surface area contributed by atoms with E-state index in [0.29, 0.717) is 17.3 Å². The van der Waals surface area contributed by atoms with Crippen molar-refractivity contribution in [1.29, 1.82) is 0 Å². The number of nitrogens with zero attached hydrogens (tertiary/aromatic N) is 1. The Bertz CT molecular complexity index is 259. The predicted octanol–water partition coefficient (Wildman–Crippen LogP) is 3.25. The van der Waals surface area contributed by atoms with Crippen molar-refractivity contribution in [2.45, 2.75) is 44.5 Å². The number of halogens is 1. The summed E-state index contributed by atoms with van der Waals surface area (Å²) in [6, 6.07) is 0.688. The van der Waals surface area contributed by atoms with Crippen LogP contribution in [0.2, 0.25) is 0 Å². The van der Waals surface area contributed by atoms with Crippen molar-refractivity contribution in [2.75, 3.05) is 7.05 Å². The molecule has 1 nitrogen and oxygen atoms in total. The first-order chi connectivity index (χ1) is 6.44. The maximum absolute atomic E-state index is 6.26. The molecule has 1 saturated heterocycles. The van der Waals surface area contributed by atoms with E-state index in [4.69, 9.17) is 11.6 Å². The molecule has 0 aromatic rings. The number of likely N-dealkylation sites (tertiary alicyclic amines) is 1. The van der Waals surface area contributed by atoms with E-state index in [1.54, 1.807) is 0 Å². The fourth-order valence-corrected chi connectivity index (χ4v) is 3.53. The molecule has 2 heteroatoms. The van der Waals surface area contributed by atoms with Crippen LogP contribution in [0.15, 0.2) is 12.3 Å². The van der Waals surface area contributed by atoms with Gasteiger partial charge in [-0.05, 0) is 25.2 Å². The highest BCUT2D eigenvalue weighted by Crippen LogP contribution is 2.52. The molecule has 0 N–H and O–H groups in total. The second-order valence-electron chi connectivity index (χ2n) is 5.36. The van der Waals surface area contributed by atoms with Gasteiger partial charge < -0.3 is 4.90 Å². The highest BCUT2D eigenvalue weighted by atomic mass is 35.5. The molecule has 2 rings (SSSR count). The van der Waals surface area contributed by atoms with Gasteiger partial charge in [0.1, 0.15) is 0 Å². The third-order valence-electron chi connectivity index (χ3n) is 4.34. The Morgan fingerprint density at radius 3 is 2.71 bits per heavy atom. The molecule has 3 atom stereocenters. The largest absolute Gasteiger partial charge is 0.375 e. The molecular weight excluding hydrogens is 194 g/mol. The number of allylic oxidation sites excluding steroid dienone is 1. The highest BCUT2D eigenvalue weighted by Gasteiger charge is 2.49. The first-order valence-electron chi connectivity index (χ1n) is 5.51. The predicted molar refractivity (Wildman–Crippen MR) is 61.5 cm³/mol. The molecule has 0 bridgehead atoms. The van der Waals surface area contributed by atoms with Gasteiger partial charge >= 0.3 is 0 Å². The molecule has 80 valence electrons. The van der Waals surface area contributed by atoms with Crippen LogP contribution in [-0.4, -0.2) is 23.4 Å². The SMILES string of the molecule is C=C1N(C)C2CCC(Cl)CC2C1(C)C. The van der Waals surface area contributed by atoms with Crippen LogP contribution in [0.25, 0.3) is 0 Å². The zero-order valence-corrected chi connectivity index (χ0v) is 10.1. The summed E-state index contributed by atoms with van der Waals surface area (Å²) < 4.78 is 0. The number of rotatable bonds is 0. The van der Waals surface area contributed by atoms with Crippen LogP contribution in [0, 0.1) is 11.3 Å². The topological polar surface area (TPSA) is 3.24 Å². The summed E-state index contributed by atoms with van der Waals surface area (Å²) in [6.45, 7) is 8.84. The van der Waals surface area contributed by atoms with Gasteiger partial charge in [0.15, 0.2) is 0 Å². The van der Waals surface area contributed by atoms with E-state index >= 15 is 0 Å². The fourth-order valence-electron chi connectivity index (χ4n) is 3.21. The van der Waals surface area contributed by atoms with Crippen molar-refractivity contribution >= 4 is 11.6 Å². The Hall–Kier alpha value is -0.170. The minimum absolute atomic E-state index is 0.243. The monoisotopic (exact) mass is 213 g/mol. The van der Waals surface area contributed by atoms with Gasteiger partial charge in [-0.15, -0.1) is 11.6 Å². The smallest absolute Gasteiger partial charge is 0.0340 e. The average molecular weight is 214 g/mol. The molecule has 0 spiro atoms. The minimum atomic E-state index is 0.243. The molecule has 1 aliphatic carbocycles. The van der Waals surface area contributed by atoms with Gasteiger partial charge in [0, 0.05) is 29.6 Å². The van der Waals surface area contributed by atoms with Crippen LogP contribution in [-0.2, 0) is 0 Å². The summed E-state index contributed by atoms with van der Waals surface area (Å²) in [5, 5.41) is 0.384. The summed E-state index contributed by atoms with van der Waals surface area (Å²) in [6.07, 6.45) is 3.55. The van der Waals surface area contributed by atoms with E-state index in [-0.39, 0.29) is 5.41 Å². The third kappa shape index (κ3) is 1.29. The summed E-state index contributed by atoms with van der Waals surface area (Å²) in [4.78, 5) is 2.38. The van der Waals surface area contributed by atoms with Crippen molar-refractivity contribution in [3.63, 3.8) is 0 Å². The molecule has 0 aromatic carbocycles. The van der Waals surface area contributed by atoms with Crippen molar-refractivity contribution in [2.24, 2.45) is 11.3 Å². The van der Waals surface area contributed by atoms with Crippen molar-refractivity contribution in [1.82, 2.24) is 4.90 Å². The van der Waals surface area contributed by atoms with Gasteiger partial charge in [-0.25, -0.2) is 0 Å². The van der Waals surface area contributed by atoms with Crippen molar-refractivity contribution in [3.8, 4) is 0 Å². The lowest BCUT2D eigenvalue weighted by molar-refractivity contribution is 0.186. The Balaban J connectivity index is 2.28. The Morgan fingerprint density at radius 2 is 2.07 bits per heavy atom. The molecular formula is C12H20ClN. The Morgan fingerprint density at radius 1 is 1.43 bits per heavy atom. The lowest BCUT2D eigenvalue weighted by Gasteiger charge is -2.35. The van der Waals surface area contributed by atoms with Gasteiger partial charge in [-0.2, -0.15) is 0 Å². The molecule has 2 fully saturated rings. The minimum Gasteiger partial charge on any atom is -0.375 e. The van der Waals surface area contributed by atoms with Crippen LogP contribution in [0.1, 0.15) is 33.1 Å². The van der Waals surface area contributed by atoms with Crippen LogP contribution in [0.3, 0.4) is 0 Å². The zero-order chi connectivity index (χ0) is 10.5. The van der Waals surface area contributed by atoms with E-state index in [1.807, 2.05) is 0 Å². The summed E-state index contributed by atoms with van der Waals surface area (Å²) in [5.74, 6) is 0.705. The molecule has 0 aromatic heterocycles. The first kappa shape index (κ1) is 10.4. The number of alkyl halides is 1. The van der Waals surface area contributed by atoms with Gasteiger partial charge in [0.05, 0.1) is 0 Å². The lowest BCUT2D eigenvalue weighted by Crippen LogP contribution is -2.36. The maximum Gasteiger partial charge on any atom is 0.0340 e. The van der Waals surface area contributed by atoms with Gasteiger partial charge in [-0.1, -0.05) is 20.4 Å². The van der Waals surface area contributed by atoms with E-state index in [2.05, 4.69) is 32.4 Å². The molecule has 1 saturated carbocycles. The third-order valence-corrected chi connectivity index (χ3v) is 4.74. The second-order valence-corrected chi connectivity index (χ2v) is 5.98. The molecule has 1 heterocycles. The number of hydrogen-bond donors (Lipinski definition) is 0. The molecule has 0 amide bonds. The highest BCUT2D eigenvalue weighted by molar-refractivity contribution is 6.20. The Kier molecular flexibility index (Phi) is 2.34. The lowest BCUT2D eigenvalue weighted by atomic mass is 9.71. The maximum atomic E-state index is 6.26. The van der Waals surface area contributed by atoms with E-state index in [9.17, 15) is 0 Å².